The van der Waals surface area contributed by atoms with Gasteiger partial charge in [-0.25, -0.2) is 0 Å². The average molecular weight is 385 g/mol. The molecule has 2 aromatic carbocycles. The molecule has 27 heavy (non-hydrogen) atoms. The van der Waals surface area contributed by atoms with E-state index in [1.807, 2.05) is 55.9 Å². The number of fused-ring (bicyclic) bond motifs is 2. The Kier molecular flexibility index (Phi) is 5.95. The van der Waals surface area contributed by atoms with Gasteiger partial charge in [-0.2, -0.15) is 5.10 Å². The van der Waals surface area contributed by atoms with Gasteiger partial charge in [0.25, 0.3) is 0 Å². The third-order valence-electron chi connectivity index (χ3n) is 4.72. The number of rotatable bonds is 5. The molecule has 1 aliphatic carbocycles. The number of nitrogens with zero attached hydrogens (tertiary/aromatic N) is 3. The fourth-order valence-corrected chi connectivity index (χ4v) is 3.72. The van der Waals surface area contributed by atoms with Gasteiger partial charge in [0.15, 0.2) is 5.78 Å². The van der Waals surface area contributed by atoms with Crippen LogP contribution in [0.5, 0.6) is 0 Å². The number of nitrogens with two attached hydrogens (primary N) is 1. The molecule has 0 saturated heterocycles. The van der Waals surface area contributed by atoms with Gasteiger partial charge in [-0.05, 0) is 19.2 Å². The van der Waals surface area contributed by atoms with Gasteiger partial charge in [-0.1, -0.05) is 49.7 Å². The van der Waals surface area contributed by atoms with Gasteiger partial charge in [0.05, 0.1) is 22.6 Å². The molecule has 0 radical (unpaired) electrons. The summed E-state index contributed by atoms with van der Waals surface area (Å²) in [6.07, 6.45) is 0. The SMILES string of the molecule is CC.CN(CCN)CCn1nc2c3c(cccc31)C(=O)c1c(Cl)cccc1-2. The lowest BCUT2D eigenvalue weighted by Gasteiger charge is -2.15. The second-order valence-electron chi connectivity index (χ2n) is 6.35. The number of ketones is 1. The van der Waals surface area contributed by atoms with Crippen molar-refractivity contribution in [1.29, 1.82) is 0 Å². The van der Waals surface area contributed by atoms with E-state index < -0.39 is 0 Å². The maximum atomic E-state index is 12.9. The Morgan fingerprint density at radius 3 is 2.56 bits per heavy atom. The van der Waals surface area contributed by atoms with Crippen LogP contribution in [0.1, 0.15) is 29.8 Å². The first kappa shape index (κ1) is 19.5. The van der Waals surface area contributed by atoms with Gasteiger partial charge in [0.1, 0.15) is 5.69 Å². The molecule has 0 bridgehead atoms. The molecule has 0 saturated carbocycles. The predicted molar refractivity (Wildman–Crippen MR) is 112 cm³/mol. The highest BCUT2D eigenvalue weighted by Gasteiger charge is 2.30. The first-order valence-corrected chi connectivity index (χ1v) is 9.71. The van der Waals surface area contributed by atoms with E-state index in [0.717, 1.165) is 41.8 Å². The zero-order chi connectivity index (χ0) is 19.6. The maximum Gasteiger partial charge on any atom is 0.195 e. The lowest BCUT2D eigenvalue weighted by Crippen LogP contribution is -2.28. The summed E-state index contributed by atoms with van der Waals surface area (Å²) in [6, 6.07) is 11.3. The highest BCUT2D eigenvalue weighted by Crippen LogP contribution is 2.41. The third kappa shape index (κ3) is 3.38. The van der Waals surface area contributed by atoms with Gasteiger partial charge in [-0.15, -0.1) is 0 Å². The van der Waals surface area contributed by atoms with Crippen LogP contribution in [0.4, 0.5) is 0 Å². The maximum absolute atomic E-state index is 12.9. The van der Waals surface area contributed by atoms with Crippen LogP contribution < -0.4 is 5.73 Å². The summed E-state index contributed by atoms with van der Waals surface area (Å²) >= 11 is 6.31. The van der Waals surface area contributed by atoms with Crippen LogP contribution >= 0.6 is 11.6 Å². The Labute approximate surface area is 164 Å². The molecule has 4 rings (SSSR count). The van der Waals surface area contributed by atoms with Gasteiger partial charge in [0.2, 0.25) is 0 Å². The van der Waals surface area contributed by atoms with Crippen LogP contribution in [0.2, 0.25) is 5.02 Å². The summed E-state index contributed by atoms with van der Waals surface area (Å²) in [6.45, 7) is 7.05. The number of aromatic nitrogens is 2. The molecule has 0 atom stereocenters. The Morgan fingerprint density at radius 2 is 1.81 bits per heavy atom. The summed E-state index contributed by atoms with van der Waals surface area (Å²) in [5.74, 6) is -0.0292. The molecule has 1 aliphatic rings. The van der Waals surface area contributed by atoms with Crippen molar-refractivity contribution in [3.63, 3.8) is 0 Å². The molecular formula is C21H25ClN4O. The van der Waals surface area contributed by atoms with E-state index in [4.69, 9.17) is 22.4 Å². The molecule has 0 spiro atoms. The molecule has 5 nitrogen and oxygen atoms in total. The number of likely N-dealkylation sites (N-methyl/N-ethyl adjacent to an activating group) is 1. The van der Waals surface area contributed by atoms with Crippen molar-refractivity contribution in [3.8, 4) is 11.3 Å². The fourth-order valence-electron chi connectivity index (χ4n) is 3.46. The van der Waals surface area contributed by atoms with Crippen LogP contribution in [0.25, 0.3) is 22.2 Å². The van der Waals surface area contributed by atoms with E-state index in [-0.39, 0.29) is 5.78 Å². The predicted octanol–water partition coefficient (Wildman–Crippen LogP) is 3.82. The fraction of sp³-hybridized carbons (Fsp3) is 0.333. The number of halogens is 1. The van der Waals surface area contributed by atoms with Crippen molar-refractivity contribution in [1.82, 2.24) is 14.7 Å². The Morgan fingerprint density at radius 1 is 1.11 bits per heavy atom. The second kappa shape index (κ2) is 8.21. The van der Waals surface area contributed by atoms with Crippen LogP contribution in [-0.2, 0) is 6.54 Å². The Balaban J connectivity index is 0.00000102. The molecular weight excluding hydrogens is 360 g/mol. The summed E-state index contributed by atoms with van der Waals surface area (Å²) in [7, 11) is 2.04. The van der Waals surface area contributed by atoms with Crippen molar-refractivity contribution >= 4 is 28.3 Å². The van der Waals surface area contributed by atoms with Gasteiger partial charge >= 0.3 is 0 Å². The van der Waals surface area contributed by atoms with Crippen LogP contribution in [0.15, 0.2) is 36.4 Å². The first-order valence-electron chi connectivity index (χ1n) is 9.33. The molecule has 1 aromatic heterocycles. The number of carbonyl (C=O) groups is 1. The smallest absolute Gasteiger partial charge is 0.195 e. The molecule has 3 aromatic rings. The number of benzene rings is 2. The van der Waals surface area contributed by atoms with Crippen molar-refractivity contribution in [2.75, 3.05) is 26.7 Å². The van der Waals surface area contributed by atoms with E-state index in [0.29, 0.717) is 22.7 Å². The molecule has 6 heteroatoms. The summed E-state index contributed by atoms with van der Waals surface area (Å²) in [4.78, 5) is 15.1. The quantitative estimate of drug-likeness (QED) is 0.568. The Bertz CT molecular complexity index is 980. The standard InChI is InChI=1S/C19H19ClN4O.C2H6/c1-23(9-8-21)10-11-24-15-7-3-5-13-17(15)18(22-24)12-4-2-6-14(20)16(12)19(13)25;1-2/h2-7H,8-11,21H2,1H3;1-2H3. The highest BCUT2D eigenvalue weighted by atomic mass is 35.5. The van der Waals surface area contributed by atoms with E-state index >= 15 is 0 Å². The van der Waals surface area contributed by atoms with E-state index in [2.05, 4.69) is 4.90 Å². The van der Waals surface area contributed by atoms with Crippen LogP contribution in [0, 0.1) is 0 Å². The van der Waals surface area contributed by atoms with Crippen molar-refractivity contribution < 1.29 is 4.79 Å². The second-order valence-corrected chi connectivity index (χ2v) is 6.76. The van der Waals surface area contributed by atoms with Crippen molar-refractivity contribution in [3.05, 3.63) is 52.5 Å². The topological polar surface area (TPSA) is 64.2 Å². The normalized spacial score (nSPS) is 12.1. The average Bonchev–Trinajstić information content (AvgIpc) is 3.06. The zero-order valence-electron chi connectivity index (χ0n) is 16.0. The van der Waals surface area contributed by atoms with E-state index in [1.165, 1.54) is 0 Å². The molecule has 142 valence electrons. The number of carbonyl (C=O) groups excluding carboxylic acids is 1. The molecule has 0 unspecified atom stereocenters. The van der Waals surface area contributed by atoms with Crippen LogP contribution in [-0.4, -0.2) is 47.1 Å². The molecule has 0 amide bonds. The molecule has 1 heterocycles. The third-order valence-corrected chi connectivity index (χ3v) is 5.04. The van der Waals surface area contributed by atoms with Gasteiger partial charge < -0.3 is 10.6 Å². The van der Waals surface area contributed by atoms with E-state index in [9.17, 15) is 4.79 Å². The molecule has 2 N–H and O–H groups in total. The number of hydrogen-bond acceptors (Lipinski definition) is 4. The minimum absolute atomic E-state index is 0.0292. The van der Waals surface area contributed by atoms with Crippen molar-refractivity contribution in [2.24, 2.45) is 5.73 Å². The lowest BCUT2D eigenvalue weighted by atomic mass is 9.87. The number of hydrogen-bond donors (Lipinski definition) is 1. The van der Waals surface area contributed by atoms with E-state index in [1.54, 1.807) is 6.07 Å². The summed E-state index contributed by atoms with van der Waals surface area (Å²) < 4.78 is 1.98. The Hall–Kier alpha value is -2.21. The highest BCUT2D eigenvalue weighted by molar-refractivity contribution is 6.38. The zero-order valence-corrected chi connectivity index (χ0v) is 16.8. The minimum Gasteiger partial charge on any atom is -0.329 e. The monoisotopic (exact) mass is 384 g/mol. The largest absolute Gasteiger partial charge is 0.329 e. The van der Waals surface area contributed by atoms with Gasteiger partial charge in [-0.3, -0.25) is 9.48 Å². The summed E-state index contributed by atoms with van der Waals surface area (Å²) in [5, 5.41) is 6.21. The summed E-state index contributed by atoms with van der Waals surface area (Å²) in [5.41, 5.74) is 9.47. The lowest BCUT2D eigenvalue weighted by molar-refractivity contribution is 0.104. The van der Waals surface area contributed by atoms with Crippen molar-refractivity contribution in [2.45, 2.75) is 20.4 Å². The first-order chi connectivity index (χ1) is 13.1. The minimum atomic E-state index is -0.0292. The molecule has 0 aliphatic heterocycles. The van der Waals surface area contributed by atoms with Gasteiger partial charge in [0, 0.05) is 36.1 Å². The van der Waals surface area contributed by atoms with Crippen LogP contribution in [0.3, 0.4) is 0 Å². The molecule has 0 fully saturated rings.